The Kier molecular flexibility index (Phi) is 4.92. The van der Waals surface area contributed by atoms with Crippen LogP contribution in [0.25, 0.3) is 11.0 Å². The number of amides is 1. The Bertz CT molecular complexity index is 1210. The van der Waals surface area contributed by atoms with Gasteiger partial charge in [0.15, 0.2) is 0 Å². The number of rotatable bonds is 4. The van der Waals surface area contributed by atoms with Gasteiger partial charge in [-0.2, -0.15) is 0 Å². The van der Waals surface area contributed by atoms with Crippen molar-refractivity contribution >= 4 is 22.6 Å². The largest absolute Gasteiger partial charge is 0.371 e. The molecule has 3 heterocycles. The number of H-pyrrole nitrogens is 1. The molecule has 4 rings (SSSR count). The van der Waals surface area contributed by atoms with E-state index in [1.807, 2.05) is 18.2 Å². The van der Waals surface area contributed by atoms with Crippen LogP contribution in [0.4, 0.5) is 5.69 Å². The molecule has 8 nitrogen and oxygen atoms in total. The molecule has 0 unspecified atom stereocenters. The molecule has 150 valence electrons. The summed E-state index contributed by atoms with van der Waals surface area (Å²) in [4.78, 5) is 46.1. The van der Waals surface area contributed by atoms with Gasteiger partial charge in [-0.1, -0.05) is 18.2 Å². The van der Waals surface area contributed by atoms with Crippen molar-refractivity contribution in [2.24, 2.45) is 7.05 Å². The van der Waals surface area contributed by atoms with Gasteiger partial charge in [0.05, 0.1) is 10.9 Å². The standard InChI is InChI=1S/C21H23N5O3/c1-13-11-15(17-18(23-13)25(2)21(29)24-20(17)28)19(27)22-12-14-7-3-4-8-16(14)26-9-5-6-10-26/h3-4,7-8,11H,5-6,9-10,12H2,1-2H3,(H,22,27)(H,24,28,29). The summed E-state index contributed by atoms with van der Waals surface area (Å²) in [5.41, 5.74) is 1.94. The predicted octanol–water partition coefficient (Wildman–Crippen LogP) is 1.46. The molecule has 0 radical (unpaired) electrons. The van der Waals surface area contributed by atoms with Gasteiger partial charge in [-0.05, 0) is 37.5 Å². The summed E-state index contributed by atoms with van der Waals surface area (Å²) in [5.74, 6) is -0.374. The van der Waals surface area contributed by atoms with Crippen molar-refractivity contribution in [1.82, 2.24) is 19.9 Å². The van der Waals surface area contributed by atoms with Crippen molar-refractivity contribution in [2.45, 2.75) is 26.3 Å². The smallest absolute Gasteiger partial charge is 0.329 e. The van der Waals surface area contributed by atoms with Gasteiger partial charge in [-0.15, -0.1) is 0 Å². The van der Waals surface area contributed by atoms with Gasteiger partial charge in [0, 0.05) is 38.1 Å². The fourth-order valence-corrected chi connectivity index (χ4v) is 3.84. The van der Waals surface area contributed by atoms with Crippen molar-refractivity contribution in [3.63, 3.8) is 0 Å². The maximum atomic E-state index is 13.0. The summed E-state index contributed by atoms with van der Waals surface area (Å²) < 4.78 is 1.24. The number of aromatic amines is 1. The summed E-state index contributed by atoms with van der Waals surface area (Å²) in [6.45, 7) is 4.10. The number of anilines is 1. The third kappa shape index (κ3) is 3.53. The molecule has 1 aliphatic rings. The fourth-order valence-electron chi connectivity index (χ4n) is 3.84. The number of hydrogen-bond acceptors (Lipinski definition) is 5. The second kappa shape index (κ2) is 7.54. The molecular weight excluding hydrogens is 370 g/mol. The number of nitrogens with one attached hydrogen (secondary N) is 2. The average Bonchev–Trinajstić information content (AvgIpc) is 3.24. The number of aryl methyl sites for hydroxylation is 2. The molecule has 0 bridgehead atoms. The first-order valence-corrected chi connectivity index (χ1v) is 9.67. The van der Waals surface area contributed by atoms with Crippen LogP contribution in [0, 0.1) is 6.92 Å². The molecule has 3 aromatic rings. The quantitative estimate of drug-likeness (QED) is 0.699. The fraction of sp³-hybridized carbons (Fsp3) is 0.333. The molecule has 0 atom stereocenters. The lowest BCUT2D eigenvalue weighted by Crippen LogP contribution is -2.32. The number of fused-ring (bicyclic) bond motifs is 1. The van der Waals surface area contributed by atoms with Crippen molar-refractivity contribution in [3.05, 3.63) is 68.0 Å². The monoisotopic (exact) mass is 393 g/mol. The Morgan fingerprint density at radius 1 is 1.21 bits per heavy atom. The molecule has 0 spiro atoms. The lowest BCUT2D eigenvalue weighted by molar-refractivity contribution is 0.0952. The maximum absolute atomic E-state index is 13.0. The molecule has 2 N–H and O–H groups in total. The van der Waals surface area contributed by atoms with E-state index in [2.05, 4.69) is 26.3 Å². The van der Waals surface area contributed by atoms with Crippen LogP contribution in [0.15, 0.2) is 39.9 Å². The molecule has 1 amide bonds. The maximum Gasteiger partial charge on any atom is 0.329 e. The second-order valence-electron chi connectivity index (χ2n) is 7.33. The molecule has 2 aromatic heterocycles. The Morgan fingerprint density at radius 3 is 2.69 bits per heavy atom. The van der Waals surface area contributed by atoms with Crippen LogP contribution in [-0.4, -0.2) is 33.5 Å². The van der Waals surface area contributed by atoms with Crippen molar-refractivity contribution in [2.75, 3.05) is 18.0 Å². The van der Waals surface area contributed by atoms with Crippen LogP contribution in [0.2, 0.25) is 0 Å². The molecule has 0 aliphatic carbocycles. The van der Waals surface area contributed by atoms with Crippen molar-refractivity contribution in [3.8, 4) is 0 Å². The number of carbonyl (C=O) groups is 1. The topological polar surface area (TPSA) is 100 Å². The van der Waals surface area contributed by atoms with E-state index in [4.69, 9.17) is 0 Å². The number of hydrogen-bond donors (Lipinski definition) is 2. The zero-order valence-electron chi connectivity index (χ0n) is 16.5. The van der Waals surface area contributed by atoms with Crippen molar-refractivity contribution < 1.29 is 4.79 Å². The Hall–Kier alpha value is -3.42. The predicted molar refractivity (Wildman–Crippen MR) is 111 cm³/mol. The normalized spacial score (nSPS) is 13.8. The number of para-hydroxylation sites is 1. The molecule has 1 aliphatic heterocycles. The van der Waals surface area contributed by atoms with Crippen LogP contribution in [0.1, 0.15) is 34.5 Å². The summed E-state index contributed by atoms with van der Waals surface area (Å²) in [6.07, 6.45) is 2.34. The van der Waals surface area contributed by atoms with Crippen molar-refractivity contribution in [1.29, 1.82) is 0 Å². The number of carbonyl (C=O) groups excluding carboxylic acids is 1. The highest BCUT2D eigenvalue weighted by atomic mass is 16.2. The van der Waals surface area contributed by atoms with E-state index in [9.17, 15) is 14.4 Å². The highest BCUT2D eigenvalue weighted by molar-refractivity contribution is 6.05. The Labute approximate surface area is 167 Å². The zero-order valence-corrected chi connectivity index (χ0v) is 16.5. The summed E-state index contributed by atoms with van der Waals surface area (Å²) in [5, 5.41) is 3.04. The van der Waals surface area contributed by atoms with E-state index in [1.54, 1.807) is 13.0 Å². The molecule has 1 fully saturated rings. The van der Waals surface area contributed by atoms with E-state index < -0.39 is 11.2 Å². The van der Waals surface area contributed by atoms with Crippen LogP contribution >= 0.6 is 0 Å². The minimum Gasteiger partial charge on any atom is -0.371 e. The van der Waals surface area contributed by atoms with E-state index >= 15 is 0 Å². The average molecular weight is 393 g/mol. The van der Waals surface area contributed by atoms with Crippen LogP contribution < -0.4 is 21.5 Å². The summed E-state index contributed by atoms with van der Waals surface area (Å²) >= 11 is 0. The van der Waals surface area contributed by atoms with Gasteiger partial charge in [0.25, 0.3) is 11.5 Å². The van der Waals surface area contributed by atoms with Gasteiger partial charge < -0.3 is 10.2 Å². The first-order valence-electron chi connectivity index (χ1n) is 9.67. The first-order chi connectivity index (χ1) is 14.0. The molecule has 1 aromatic carbocycles. The molecule has 1 saturated heterocycles. The second-order valence-corrected chi connectivity index (χ2v) is 7.33. The number of benzene rings is 1. The van der Waals surface area contributed by atoms with E-state index in [0.29, 0.717) is 12.2 Å². The highest BCUT2D eigenvalue weighted by Crippen LogP contribution is 2.24. The first kappa shape index (κ1) is 18.9. The summed E-state index contributed by atoms with van der Waals surface area (Å²) in [7, 11) is 1.51. The summed E-state index contributed by atoms with van der Waals surface area (Å²) in [6, 6.07) is 9.59. The van der Waals surface area contributed by atoms with Gasteiger partial charge in [-0.3, -0.25) is 19.1 Å². The number of nitrogens with zero attached hydrogens (tertiary/aromatic N) is 3. The van der Waals surface area contributed by atoms with Crippen LogP contribution in [0.5, 0.6) is 0 Å². The van der Waals surface area contributed by atoms with Gasteiger partial charge in [0.1, 0.15) is 5.65 Å². The van der Waals surface area contributed by atoms with E-state index in [0.717, 1.165) is 24.3 Å². The molecular formula is C21H23N5O3. The van der Waals surface area contributed by atoms with Gasteiger partial charge in [-0.25, -0.2) is 9.78 Å². The molecule has 29 heavy (non-hydrogen) atoms. The molecule has 8 heteroatoms. The lowest BCUT2D eigenvalue weighted by atomic mass is 10.1. The minimum absolute atomic E-state index is 0.114. The minimum atomic E-state index is -0.613. The van der Waals surface area contributed by atoms with Crippen LogP contribution in [0.3, 0.4) is 0 Å². The molecule has 0 saturated carbocycles. The lowest BCUT2D eigenvalue weighted by Gasteiger charge is -2.21. The Balaban J connectivity index is 1.67. The van der Waals surface area contributed by atoms with Crippen LogP contribution in [-0.2, 0) is 13.6 Å². The third-order valence-corrected chi connectivity index (χ3v) is 5.32. The van der Waals surface area contributed by atoms with Gasteiger partial charge in [0.2, 0.25) is 0 Å². The number of pyridine rings is 1. The number of aromatic nitrogens is 3. The SMILES string of the molecule is Cc1cc(C(=O)NCc2ccccc2N2CCCC2)c2c(=O)[nH]c(=O)n(C)c2n1. The van der Waals surface area contributed by atoms with E-state index in [-0.39, 0.29) is 22.5 Å². The Morgan fingerprint density at radius 2 is 1.93 bits per heavy atom. The van der Waals surface area contributed by atoms with Gasteiger partial charge >= 0.3 is 5.69 Å². The third-order valence-electron chi connectivity index (χ3n) is 5.32. The highest BCUT2D eigenvalue weighted by Gasteiger charge is 2.19. The van der Waals surface area contributed by atoms with E-state index in [1.165, 1.54) is 24.5 Å². The zero-order chi connectivity index (χ0) is 20.5.